The first-order valence-corrected chi connectivity index (χ1v) is 6.68. The Morgan fingerprint density at radius 1 is 1.14 bits per heavy atom. The molecule has 0 saturated carbocycles. The van der Waals surface area contributed by atoms with Gasteiger partial charge in [-0.25, -0.2) is 15.0 Å². The van der Waals surface area contributed by atoms with Crippen molar-refractivity contribution in [2.75, 3.05) is 5.32 Å². The first kappa shape index (κ1) is 13.5. The average Bonchev–Trinajstić information content (AvgIpc) is 2.38. The molecule has 0 radical (unpaired) electrons. The number of aromatic amines is 1. The van der Waals surface area contributed by atoms with Crippen molar-refractivity contribution in [1.29, 1.82) is 0 Å². The Labute approximate surface area is 125 Å². The van der Waals surface area contributed by atoms with Gasteiger partial charge in [0.25, 0.3) is 5.56 Å². The minimum Gasteiger partial charge on any atom is -0.294 e. The standard InChI is InChI=1S/C14H12ClN5O/c1-7-5-12(21)19-13(16-7)20-14-17-8(2)10-6-9(15)3-4-11(10)18-14/h3-6H,1-2H3,(H2,16,17,18,19,20,21). The van der Waals surface area contributed by atoms with Crippen LogP contribution in [-0.4, -0.2) is 19.9 Å². The molecule has 7 heteroatoms. The molecule has 3 rings (SSSR count). The van der Waals surface area contributed by atoms with Gasteiger partial charge in [0.1, 0.15) is 0 Å². The number of nitrogens with zero attached hydrogens (tertiary/aromatic N) is 3. The van der Waals surface area contributed by atoms with E-state index in [0.717, 1.165) is 16.6 Å². The highest BCUT2D eigenvalue weighted by molar-refractivity contribution is 6.31. The van der Waals surface area contributed by atoms with Crippen molar-refractivity contribution in [2.24, 2.45) is 0 Å². The van der Waals surface area contributed by atoms with E-state index < -0.39 is 0 Å². The molecule has 0 aliphatic rings. The zero-order chi connectivity index (χ0) is 15.0. The number of H-pyrrole nitrogens is 1. The fourth-order valence-electron chi connectivity index (χ4n) is 2.05. The lowest BCUT2D eigenvalue weighted by molar-refractivity contribution is 1.05. The molecule has 2 aromatic heterocycles. The van der Waals surface area contributed by atoms with Gasteiger partial charge in [-0.05, 0) is 32.0 Å². The number of nitrogens with one attached hydrogen (secondary N) is 2. The summed E-state index contributed by atoms with van der Waals surface area (Å²) in [7, 11) is 0. The minimum atomic E-state index is -0.228. The van der Waals surface area contributed by atoms with Crippen molar-refractivity contribution in [2.45, 2.75) is 13.8 Å². The molecule has 21 heavy (non-hydrogen) atoms. The number of rotatable bonds is 2. The molecule has 0 atom stereocenters. The van der Waals surface area contributed by atoms with E-state index in [0.29, 0.717) is 22.6 Å². The van der Waals surface area contributed by atoms with E-state index in [1.54, 1.807) is 13.0 Å². The van der Waals surface area contributed by atoms with Crippen LogP contribution in [0.1, 0.15) is 11.4 Å². The van der Waals surface area contributed by atoms with Crippen molar-refractivity contribution in [3.63, 3.8) is 0 Å². The van der Waals surface area contributed by atoms with Gasteiger partial charge in [0, 0.05) is 22.2 Å². The number of aryl methyl sites for hydroxylation is 2. The Hall–Kier alpha value is -2.47. The number of halogens is 1. The lowest BCUT2D eigenvalue weighted by atomic mass is 10.2. The summed E-state index contributed by atoms with van der Waals surface area (Å²) < 4.78 is 0. The molecule has 0 amide bonds. The molecule has 0 fully saturated rings. The van der Waals surface area contributed by atoms with Crippen LogP contribution in [0.2, 0.25) is 5.02 Å². The summed E-state index contributed by atoms with van der Waals surface area (Å²) in [5.74, 6) is 0.684. The number of anilines is 2. The highest BCUT2D eigenvalue weighted by Gasteiger charge is 2.07. The van der Waals surface area contributed by atoms with Crippen molar-refractivity contribution >= 4 is 34.4 Å². The second kappa shape index (κ2) is 5.14. The molecule has 0 unspecified atom stereocenters. The maximum atomic E-state index is 11.4. The molecule has 3 aromatic rings. The summed E-state index contributed by atoms with van der Waals surface area (Å²) in [6.45, 7) is 3.62. The maximum absolute atomic E-state index is 11.4. The van der Waals surface area contributed by atoms with Crippen LogP contribution >= 0.6 is 11.6 Å². The van der Waals surface area contributed by atoms with Crippen molar-refractivity contribution in [3.05, 3.63) is 51.0 Å². The van der Waals surface area contributed by atoms with Crippen molar-refractivity contribution in [3.8, 4) is 0 Å². The molecule has 1 aromatic carbocycles. The van der Waals surface area contributed by atoms with Crippen LogP contribution in [0.3, 0.4) is 0 Å². The summed E-state index contributed by atoms with van der Waals surface area (Å²) in [4.78, 5) is 26.9. The Morgan fingerprint density at radius 3 is 2.71 bits per heavy atom. The van der Waals surface area contributed by atoms with E-state index in [1.165, 1.54) is 6.07 Å². The Kier molecular flexibility index (Phi) is 3.31. The van der Waals surface area contributed by atoms with Gasteiger partial charge in [-0.3, -0.25) is 15.1 Å². The number of hydrogen-bond acceptors (Lipinski definition) is 5. The molecular formula is C14H12ClN5O. The van der Waals surface area contributed by atoms with Crippen LogP contribution in [-0.2, 0) is 0 Å². The summed E-state index contributed by atoms with van der Waals surface area (Å²) >= 11 is 5.97. The predicted molar refractivity (Wildman–Crippen MR) is 82.2 cm³/mol. The summed E-state index contributed by atoms with van der Waals surface area (Å²) in [5, 5.41) is 4.44. The first-order chi connectivity index (χ1) is 10.0. The molecule has 0 saturated heterocycles. The van der Waals surface area contributed by atoms with E-state index in [9.17, 15) is 4.79 Å². The normalized spacial score (nSPS) is 10.8. The van der Waals surface area contributed by atoms with E-state index in [4.69, 9.17) is 11.6 Å². The molecular weight excluding hydrogens is 290 g/mol. The summed E-state index contributed by atoms with van der Waals surface area (Å²) in [5.41, 5.74) is 1.95. The van der Waals surface area contributed by atoms with Crippen molar-refractivity contribution < 1.29 is 0 Å². The van der Waals surface area contributed by atoms with Crippen LogP contribution in [0.4, 0.5) is 11.9 Å². The lowest BCUT2D eigenvalue weighted by Crippen LogP contribution is -2.11. The third-order valence-electron chi connectivity index (χ3n) is 2.95. The number of hydrogen-bond donors (Lipinski definition) is 2. The minimum absolute atomic E-state index is 0.228. The van der Waals surface area contributed by atoms with Crippen LogP contribution in [0.25, 0.3) is 10.9 Å². The molecule has 106 valence electrons. The molecule has 0 aliphatic heterocycles. The van der Waals surface area contributed by atoms with E-state index in [-0.39, 0.29) is 5.56 Å². The van der Waals surface area contributed by atoms with Gasteiger partial charge in [-0.2, -0.15) is 0 Å². The Balaban J connectivity index is 2.05. The van der Waals surface area contributed by atoms with Crippen LogP contribution in [0.15, 0.2) is 29.1 Å². The van der Waals surface area contributed by atoms with Gasteiger partial charge in [0.15, 0.2) is 0 Å². The smallest absolute Gasteiger partial charge is 0.252 e. The van der Waals surface area contributed by atoms with E-state index in [1.807, 2.05) is 19.1 Å². The Morgan fingerprint density at radius 2 is 1.95 bits per heavy atom. The maximum Gasteiger partial charge on any atom is 0.252 e. The lowest BCUT2D eigenvalue weighted by Gasteiger charge is -2.07. The summed E-state index contributed by atoms with van der Waals surface area (Å²) in [6.07, 6.45) is 0. The van der Waals surface area contributed by atoms with E-state index >= 15 is 0 Å². The third-order valence-corrected chi connectivity index (χ3v) is 3.18. The van der Waals surface area contributed by atoms with E-state index in [2.05, 4.69) is 25.3 Å². The van der Waals surface area contributed by atoms with Gasteiger partial charge in [-0.15, -0.1) is 0 Å². The van der Waals surface area contributed by atoms with Gasteiger partial charge < -0.3 is 0 Å². The second-order valence-corrected chi connectivity index (χ2v) is 5.09. The van der Waals surface area contributed by atoms with Crippen molar-refractivity contribution in [1.82, 2.24) is 19.9 Å². The highest BCUT2D eigenvalue weighted by atomic mass is 35.5. The predicted octanol–water partition coefficient (Wildman–Crippen LogP) is 2.73. The zero-order valence-electron chi connectivity index (χ0n) is 11.4. The number of benzene rings is 1. The topological polar surface area (TPSA) is 83.6 Å². The molecule has 0 bridgehead atoms. The molecule has 0 spiro atoms. The fraction of sp³-hybridized carbons (Fsp3) is 0.143. The second-order valence-electron chi connectivity index (χ2n) is 4.65. The number of fused-ring (bicyclic) bond motifs is 1. The SMILES string of the molecule is Cc1cc(=O)[nH]c(Nc2nc(C)c3cc(Cl)ccc3n2)n1. The fourth-order valence-corrected chi connectivity index (χ4v) is 2.23. The van der Waals surface area contributed by atoms with Crippen LogP contribution < -0.4 is 10.9 Å². The highest BCUT2D eigenvalue weighted by Crippen LogP contribution is 2.22. The zero-order valence-corrected chi connectivity index (χ0v) is 12.2. The van der Waals surface area contributed by atoms with Crippen LogP contribution in [0.5, 0.6) is 0 Å². The van der Waals surface area contributed by atoms with Gasteiger partial charge in [-0.1, -0.05) is 11.6 Å². The molecule has 0 aliphatic carbocycles. The Bertz CT molecular complexity index is 890. The average molecular weight is 302 g/mol. The van der Waals surface area contributed by atoms with Gasteiger partial charge in [0.2, 0.25) is 11.9 Å². The summed E-state index contributed by atoms with van der Waals surface area (Å²) in [6, 6.07) is 6.83. The largest absolute Gasteiger partial charge is 0.294 e. The molecule has 2 heterocycles. The molecule has 6 nitrogen and oxygen atoms in total. The quantitative estimate of drug-likeness (QED) is 0.760. The number of aromatic nitrogens is 4. The van der Waals surface area contributed by atoms with Crippen LogP contribution in [0, 0.1) is 13.8 Å². The third kappa shape index (κ3) is 2.85. The molecule has 2 N–H and O–H groups in total. The monoisotopic (exact) mass is 301 g/mol. The van der Waals surface area contributed by atoms with Gasteiger partial charge in [0.05, 0.1) is 11.2 Å². The van der Waals surface area contributed by atoms with Gasteiger partial charge >= 0.3 is 0 Å². The first-order valence-electron chi connectivity index (χ1n) is 6.30.